The zero-order valence-electron chi connectivity index (χ0n) is 16.6. The number of rotatable bonds is 8. The van der Waals surface area contributed by atoms with Crippen LogP contribution in [-0.4, -0.2) is 42.7 Å². The van der Waals surface area contributed by atoms with Crippen molar-refractivity contribution in [1.82, 2.24) is 0 Å². The summed E-state index contributed by atoms with van der Waals surface area (Å²) >= 11 is 0. The number of esters is 2. The fraction of sp³-hybridized carbons (Fsp3) is 0.375. The Morgan fingerprint density at radius 3 is 2.29 bits per heavy atom. The maximum Gasteiger partial charge on any atom is 0.430 e. The molecule has 18 heteroatoms. The maximum absolute atomic E-state index is 13.4. The summed E-state index contributed by atoms with van der Waals surface area (Å²) in [5.41, 5.74) is -3.01. The molecule has 1 aliphatic rings. The van der Waals surface area contributed by atoms with Crippen molar-refractivity contribution in [2.75, 3.05) is 13.4 Å². The van der Waals surface area contributed by atoms with Crippen LogP contribution in [0.5, 0.6) is 5.75 Å². The van der Waals surface area contributed by atoms with Gasteiger partial charge in [0, 0.05) is 5.56 Å². The molecule has 1 atom stereocenters. The molecule has 0 N–H and O–H groups in total. The van der Waals surface area contributed by atoms with Gasteiger partial charge in [0.1, 0.15) is 17.3 Å². The third-order valence-electron chi connectivity index (χ3n) is 4.00. The molecular weight excluding hydrogens is 518 g/mol. The van der Waals surface area contributed by atoms with E-state index in [-0.39, 0.29) is 18.2 Å². The van der Waals surface area contributed by atoms with Crippen molar-refractivity contribution in [3.63, 3.8) is 0 Å². The highest BCUT2D eigenvalue weighted by Gasteiger charge is 2.65. The van der Waals surface area contributed by atoms with Crippen molar-refractivity contribution < 1.29 is 66.3 Å². The lowest BCUT2D eigenvalue weighted by Crippen LogP contribution is -2.41. The number of hydrogen-bond acceptors (Lipinski definition) is 8. The van der Waals surface area contributed by atoms with Crippen molar-refractivity contribution >= 4 is 28.2 Å². The van der Waals surface area contributed by atoms with E-state index in [2.05, 4.69) is 19.0 Å². The van der Waals surface area contributed by atoms with Crippen LogP contribution < -0.4 is 4.74 Å². The number of alkyl halides is 3. The van der Waals surface area contributed by atoms with Gasteiger partial charge in [0.15, 0.2) is 0 Å². The Kier molecular flexibility index (Phi) is 6.47. The Balaban J connectivity index is 2.30. The molecule has 0 aliphatic carbocycles. The summed E-state index contributed by atoms with van der Waals surface area (Å²) in [5, 5.41) is 8.72. The smallest absolute Gasteiger partial charge is 0.430 e. The van der Waals surface area contributed by atoms with E-state index in [1.54, 1.807) is 0 Å². The van der Waals surface area contributed by atoms with Crippen LogP contribution in [0.3, 0.4) is 0 Å². The van der Waals surface area contributed by atoms with Gasteiger partial charge in [-0.3, -0.25) is 4.79 Å². The Hall–Kier alpha value is -3.31. The van der Waals surface area contributed by atoms with Gasteiger partial charge in [0.2, 0.25) is 12.9 Å². The minimum absolute atomic E-state index is 0.0763. The van der Waals surface area contributed by atoms with Crippen molar-refractivity contribution in [1.29, 1.82) is 0 Å². The summed E-state index contributed by atoms with van der Waals surface area (Å²) in [5.74, 6) is -3.88. The van der Waals surface area contributed by atoms with E-state index in [0.29, 0.717) is 0 Å². The third kappa shape index (κ3) is 6.84. The molecule has 192 valence electrons. The molecular formula is C16H13F8NO8S. The zero-order chi connectivity index (χ0) is 26.2. The number of ether oxygens (including phenoxy) is 3. The van der Waals surface area contributed by atoms with E-state index in [1.165, 1.54) is 0 Å². The van der Waals surface area contributed by atoms with Crippen LogP contribution in [0.4, 0.5) is 32.6 Å². The molecule has 1 heterocycles. The minimum Gasteiger partial charge on any atom is -0.475 e. The minimum atomic E-state index is -10.2. The second-order valence-electron chi connectivity index (χ2n) is 6.64. The first kappa shape index (κ1) is 26.9. The predicted molar refractivity (Wildman–Crippen MR) is 95.6 cm³/mol. The molecule has 0 saturated carbocycles. The molecule has 0 unspecified atom stereocenters. The van der Waals surface area contributed by atoms with Gasteiger partial charge >= 0.3 is 28.3 Å². The number of benzene rings is 1. The molecule has 1 aromatic rings. The Morgan fingerprint density at radius 1 is 1.15 bits per heavy atom. The molecule has 0 spiro atoms. The van der Waals surface area contributed by atoms with Gasteiger partial charge in [-0.2, -0.15) is 13.2 Å². The van der Waals surface area contributed by atoms with Crippen LogP contribution in [0.2, 0.25) is 0 Å². The van der Waals surface area contributed by atoms with E-state index >= 15 is 0 Å². The molecule has 0 bridgehead atoms. The Bertz CT molecular complexity index is 1050. The van der Waals surface area contributed by atoms with Crippen molar-refractivity contribution in [2.24, 2.45) is 0 Å². The maximum atomic E-state index is 13.4. The van der Waals surface area contributed by atoms with E-state index in [0.717, 1.165) is 6.92 Å². The molecule has 0 fully saturated rings. The molecule has 0 aromatic heterocycles. The summed E-state index contributed by atoms with van der Waals surface area (Å²) in [6, 6.07) is -0.244. The fourth-order valence-corrected chi connectivity index (χ4v) is 3.35. The highest BCUT2D eigenvalue weighted by Crippen LogP contribution is 3.02. The number of hydrogen-bond donors (Lipinski definition) is 0. The highest BCUT2D eigenvalue weighted by molar-refractivity contribution is 8.45. The monoisotopic (exact) mass is 531 g/mol. The lowest BCUT2D eigenvalue weighted by Gasteiger charge is -2.41. The summed E-state index contributed by atoms with van der Waals surface area (Å²) in [6.45, 7) is -1.21. The van der Waals surface area contributed by atoms with E-state index in [4.69, 9.17) is 0 Å². The van der Waals surface area contributed by atoms with E-state index < -0.39 is 86.7 Å². The largest absolute Gasteiger partial charge is 0.475 e. The topological polar surface area (TPSA) is 114 Å². The van der Waals surface area contributed by atoms with Gasteiger partial charge in [-0.1, -0.05) is 19.4 Å². The van der Waals surface area contributed by atoms with Gasteiger partial charge < -0.3 is 19.0 Å². The molecule has 34 heavy (non-hydrogen) atoms. The molecule has 1 aromatic carbocycles. The van der Waals surface area contributed by atoms with Crippen LogP contribution in [-0.2, 0) is 23.9 Å². The van der Waals surface area contributed by atoms with Crippen LogP contribution in [0.1, 0.15) is 17.5 Å². The second-order valence-corrected chi connectivity index (χ2v) is 9.05. The van der Waals surface area contributed by atoms with Gasteiger partial charge in [0.05, 0.1) is 12.0 Å². The van der Waals surface area contributed by atoms with Crippen LogP contribution in [0.25, 0.3) is 6.08 Å². The van der Waals surface area contributed by atoms with Crippen molar-refractivity contribution in [2.45, 2.75) is 30.5 Å². The van der Waals surface area contributed by atoms with Gasteiger partial charge in [-0.15, -0.1) is 10.1 Å². The number of fused-ring (bicyclic) bond motifs is 1. The second kappa shape index (κ2) is 8.17. The molecule has 0 saturated heterocycles. The van der Waals surface area contributed by atoms with Crippen LogP contribution in [0, 0.1) is 17.0 Å². The number of halogens is 8. The normalized spacial score (nSPS) is 17.8. The van der Waals surface area contributed by atoms with Crippen LogP contribution in [0.15, 0.2) is 22.6 Å². The number of carbonyl (C=O) groups is 2. The number of aryl methyl sites for hydroxylation is 1. The molecule has 2 rings (SSSR count). The molecule has 0 radical (unpaired) electrons. The Morgan fingerprint density at radius 2 is 1.76 bits per heavy atom. The lowest BCUT2D eigenvalue weighted by molar-refractivity contribution is -0.757. The molecule has 0 amide bonds. The van der Waals surface area contributed by atoms with Gasteiger partial charge in [-0.05, 0) is 30.7 Å². The summed E-state index contributed by atoms with van der Waals surface area (Å²) in [6.07, 6.45) is -8.78. The molecule has 1 aliphatic heterocycles. The van der Waals surface area contributed by atoms with Gasteiger partial charge in [-0.25, -0.2) is 4.79 Å². The average molecular weight is 531 g/mol. The predicted octanol–water partition coefficient (Wildman–Crippen LogP) is 5.00. The molecule has 9 nitrogen and oxygen atoms in total. The fourth-order valence-electron chi connectivity index (χ4n) is 2.60. The summed E-state index contributed by atoms with van der Waals surface area (Å²) < 4.78 is 119. The lowest BCUT2D eigenvalue weighted by atomic mass is 9.99. The van der Waals surface area contributed by atoms with E-state index in [1.807, 2.05) is 0 Å². The van der Waals surface area contributed by atoms with Crippen molar-refractivity contribution in [3.8, 4) is 5.75 Å². The zero-order valence-corrected chi connectivity index (χ0v) is 17.4. The van der Waals surface area contributed by atoms with Crippen molar-refractivity contribution in [3.05, 3.63) is 38.9 Å². The SMILES string of the molecule is Cc1cc(S(F)(F)(F)(F)F)cc2c1O[C@H](C(F)(F)F)C(C(=O)OCOC(=O)CCO[N+](=O)[O-])=C2. The summed E-state index contributed by atoms with van der Waals surface area (Å²) in [4.78, 5) is 34.7. The number of nitrogens with zero attached hydrogens (tertiary/aromatic N) is 1. The van der Waals surface area contributed by atoms with Gasteiger partial charge in [0.25, 0.3) is 5.09 Å². The van der Waals surface area contributed by atoms with E-state index in [9.17, 15) is 52.3 Å². The third-order valence-corrected chi connectivity index (χ3v) is 5.12. The standard InChI is InChI=1S/C16H13F8NO8S/c1-8-4-10(34(20,21,22,23)24)5-9-6-11(14(16(17,18)19)33-13(8)9)15(27)31-7-30-12(26)2-3-32-25(28)29/h4-6,14H,2-3,7H2,1H3/t14-/m0/s1. The highest BCUT2D eigenvalue weighted by atomic mass is 32.5. The quantitative estimate of drug-likeness (QED) is 0.151. The average Bonchev–Trinajstić information content (AvgIpc) is 2.64. The van der Waals surface area contributed by atoms with Crippen LogP contribution >= 0.6 is 10.2 Å². The Labute approximate surface area is 184 Å². The first-order valence-corrected chi connectivity index (χ1v) is 10.6. The first-order valence-electron chi connectivity index (χ1n) is 8.63. The summed E-state index contributed by atoms with van der Waals surface area (Å²) in [7, 11) is -10.2. The first-order chi connectivity index (χ1) is 15.2. The number of carbonyl (C=O) groups excluding carboxylic acids is 2.